The van der Waals surface area contributed by atoms with E-state index in [0.29, 0.717) is 17.4 Å². The van der Waals surface area contributed by atoms with E-state index in [1.807, 2.05) is 53.4 Å². The van der Waals surface area contributed by atoms with Crippen LogP contribution in [0.5, 0.6) is 5.75 Å². The number of rotatable bonds is 5. The van der Waals surface area contributed by atoms with Crippen molar-refractivity contribution >= 4 is 35.0 Å². The van der Waals surface area contributed by atoms with Gasteiger partial charge in [-0.3, -0.25) is 9.69 Å². The first-order valence-electron chi connectivity index (χ1n) is 7.61. The molecular formula is C18H18ClNO2S. The van der Waals surface area contributed by atoms with Gasteiger partial charge in [0.1, 0.15) is 11.1 Å². The standard InChI is InChI=1S/C18H18ClNO2S/c1-2-11-22-16-6-4-3-5-15(16)18-20(17(21)12-23-18)14-9-7-13(19)8-10-14/h3-10,18H,2,11-12H2,1H3/t18-/m0/s1. The molecule has 1 saturated heterocycles. The highest BCUT2D eigenvalue weighted by Crippen LogP contribution is 2.44. The molecule has 2 aromatic rings. The Hall–Kier alpha value is -1.65. The van der Waals surface area contributed by atoms with Crippen LogP contribution >= 0.6 is 23.4 Å². The molecule has 1 aliphatic rings. The third-order valence-corrected chi connectivity index (χ3v) is 5.07. The second kappa shape index (κ2) is 7.28. The number of amides is 1. The highest BCUT2D eigenvalue weighted by Gasteiger charge is 2.35. The minimum Gasteiger partial charge on any atom is -0.493 e. The molecule has 3 rings (SSSR count). The molecule has 0 aliphatic carbocycles. The summed E-state index contributed by atoms with van der Waals surface area (Å²) in [7, 11) is 0. The summed E-state index contributed by atoms with van der Waals surface area (Å²) in [6.45, 7) is 2.75. The number of thioether (sulfide) groups is 1. The molecule has 1 amide bonds. The van der Waals surface area contributed by atoms with Crippen LogP contribution < -0.4 is 9.64 Å². The van der Waals surface area contributed by atoms with Crippen LogP contribution in [0.3, 0.4) is 0 Å². The third kappa shape index (κ3) is 3.48. The van der Waals surface area contributed by atoms with Gasteiger partial charge in [-0.25, -0.2) is 0 Å². The van der Waals surface area contributed by atoms with Crippen LogP contribution in [0.15, 0.2) is 48.5 Å². The van der Waals surface area contributed by atoms with Gasteiger partial charge < -0.3 is 4.74 Å². The maximum atomic E-state index is 12.4. The zero-order chi connectivity index (χ0) is 16.2. The monoisotopic (exact) mass is 347 g/mol. The minimum atomic E-state index is -0.0725. The summed E-state index contributed by atoms with van der Waals surface area (Å²) in [5.41, 5.74) is 1.89. The van der Waals surface area contributed by atoms with E-state index in [2.05, 4.69) is 6.92 Å². The van der Waals surface area contributed by atoms with Gasteiger partial charge in [-0.05, 0) is 36.8 Å². The normalized spacial score (nSPS) is 17.6. The summed E-state index contributed by atoms with van der Waals surface area (Å²) in [5, 5.41) is 0.591. The summed E-state index contributed by atoms with van der Waals surface area (Å²) >= 11 is 7.58. The van der Waals surface area contributed by atoms with Gasteiger partial charge in [-0.1, -0.05) is 36.7 Å². The molecule has 1 atom stereocenters. The molecular weight excluding hydrogens is 330 g/mol. The smallest absolute Gasteiger partial charge is 0.238 e. The van der Waals surface area contributed by atoms with Crippen LogP contribution in [0.2, 0.25) is 5.02 Å². The predicted octanol–water partition coefficient (Wildman–Crippen LogP) is 4.91. The van der Waals surface area contributed by atoms with E-state index in [1.54, 1.807) is 11.8 Å². The van der Waals surface area contributed by atoms with E-state index in [0.717, 1.165) is 23.4 Å². The average Bonchev–Trinajstić information content (AvgIpc) is 2.95. The molecule has 3 nitrogen and oxygen atoms in total. The second-order valence-corrected chi connectivity index (χ2v) is 6.79. The number of ether oxygens (including phenoxy) is 1. The highest BCUT2D eigenvalue weighted by molar-refractivity contribution is 8.00. The van der Waals surface area contributed by atoms with Crippen LogP contribution in [0.1, 0.15) is 24.3 Å². The Labute approximate surface area is 145 Å². The molecule has 0 spiro atoms. The first-order valence-corrected chi connectivity index (χ1v) is 9.04. The molecule has 0 aromatic heterocycles. The number of carbonyl (C=O) groups excluding carboxylic acids is 1. The third-order valence-electron chi connectivity index (χ3n) is 3.62. The summed E-state index contributed by atoms with van der Waals surface area (Å²) in [4.78, 5) is 14.2. The number of halogens is 1. The quantitative estimate of drug-likeness (QED) is 0.769. The molecule has 0 saturated carbocycles. The molecule has 1 fully saturated rings. The van der Waals surface area contributed by atoms with Crippen LogP contribution in [-0.2, 0) is 4.79 Å². The van der Waals surface area contributed by atoms with Crippen LogP contribution in [0.25, 0.3) is 0 Å². The summed E-state index contributed by atoms with van der Waals surface area (Å²) in [5.74, 6) is 1.42. The molecule has 1 heterocycles. The fraction of sp³-hybridized carbons (Fsp3) is 0.278. The van der Waals surface area contributed by atoms with E-state index in [-0.39, 0.29) is 11.3 Å². The minimum absolute atomic E-state index is 0.0725. The zero-order valence-electron chi connectivity index (χ0n) is 12.9. The number of hydrogen-bond acceptors (Lipinski definition) is 3. The number of anilines is 1. The van der Waals surface area contributed by atoms with Crippen molar-refractivity contribution in [2.45, 2.75) is 18.7 Å². The first kappa shape index (κ1) is 16.2. The average molecular weight is 348 g/mol. The lowest BCUT2D eigenvalue weighted by Gasteiger charge is -2.26. The Balaban J connectivity index is 1.95. The van der Waals surface area contributed by atoms with Gasteiger partial charge in [0.2, 0.25) is 5.91 Å². The first-order chi connectivity index (χ1) is 11.2. The van der Waals surface area contributed by atoms with Gasteiger partial charge in [0.05, 0.1) is 12.4 Å². The van der Waals surface area contributed by atoms with Crippen LogP contribution in [-0.4, -0.2) is 18.3 Å². The second-order valence-electron chi connectivity index (χ2n) is 5.29. The summed E-state index contributed by atoms with van der Waals surface area (Å²) in [6, 6.07) is 15.3. The molecule has 5 heteroatoms. The van der Waals surface area contributed by atoms with Crippen molar-refractivity contribution in [3.05, 3.63) is 59.1 Å². The molecule has 0 bridgehead atoms. The predicted molar refractivity (Wildman–Crippen MR) is 96.4 cm³/mol. The largest absolute Gasteiger partial charge is 0.493 e. The van der Waals surface area contributed by atoms with E-state index in [9.17, 15) is 4.79 Å². The Morgan fingerprint density at radius 1 is 1.22 bits per heavy atom. The number of hydrogen-bond donors (Lipinski definition) is 0. The molecule has 0 unspecified atom stereocenters. The van der Waals surface area contributed by atoms with Crippen LogP contribution in [0.4, 0.5) is 5.69 Å². The van der Waals surface area contributed by atoms with Crippen molar-refractivity contribution in [2.75, 3.05) is 17.3 Å². The van der Waals surface area contributed by atoms with Crippen molar-refractivity contribution in [3.63, 3.8) is 0 Å². The van der Waals surface area contributed by atoms with Gasteiger partial charge in [-0.15, -0.1) is 11.8 Å². The fourth-order valence-electron chi connectivity index (χ4n) is 2.56. The van der Waals surface area contributed by atoms with Gasteiger partial charge in [0, 0.05) is 16.3 Å². The highest BCUT2D eigenvalue weighted by atomic mass is 35.5. The molecule has 0 N–H and O–H groups in total. The van der Waals surface area contributed by atoms with Crippen molar-refractivity contribution in [1.29, 1.82) is 0 Å². The van der Waals surface area contributed by atoms with Crippen molar-refractivity contribution in [2.24, 2.45) is 0 Å². The van der Waals surface area contributed by atoms with Crippen molar-refractivity contribution < 1.29 is 9.53 Å². The van der Waals surface area contributed by atoms with Crippen LogP contribution in [0, 0.1) is 0 Å². The summed E-state index contributed by atoms with van der Waals surface area (Å²) in [6.07, 6.45) is 0.950. The molecule has 1 aliphatic heterocycles. The number of carbonyl (C=O) groups is 1. The van der Waals surface area contributed by atoms with Crippen molar-refractivity contribution in [1.82, 2.24) is 0 Å². The maximum Gasteiger partial charge on any atom is 0.238 e. The Bertz CT molecular complexity index is 690. The Morgan fingerprint density at radius 2 is 1.96 bits per heavy atom. The van der Waals surface area contributed by atoms with Gasteiger partial charge in [0.25, 0.3) is 0 Å². The fourth-order valence-corrected chi connectivity index (χ4v) is 3.89. The summed E-state index contributed by atoms with van der Waals surface area (Å²) < 4.78 is 5.86. The Kier molecular flexibility index (Phi) is 5.13. The zero-order valence-corrected chi connectivity index (χ0v) is 14.4. The molecule has 2 aromatic carbocycles. The van der Waals surface area contributed by atoms with E-state index in [4.69, 9.17) is 16.3 Å². The van der Waals surface area contributed by atoms with Gasteiger partial charge >= 0.3 is 0 Å². The van der Waals surface area contributed by atoms with E-state index < -0.39 is 0 Å². The number of benzene rings is 2. The topological polar surface area (TPSA) is 29.5 Å². The SMILES string of the molecule is CCCOc1ccccc1[C@@H]1SCC(=O)N1c1ccc(Cl)cc1. The molecule has 0 radical (unpaired) electrons. The van der Waals surface area contributed by atoms with Gasteiger partial charge in [-0.2, -0.15) is 0 Å². The number of para-hydroxylation sites is 1. The van der Waals surface area contributed by atoms with E-state index >= 15 is 0 Å². The lowest BCUT2D eigenvalue weighted by Crippen LogP contribution is -2.28. The lowest BCUT2D eigenvalue weighted by molar-refractivity contribution is -0.115. The molecule has 120 valence electrons. The van der Waals surface area contributed by atoms with Crippen molar-refractivity contribution in [3.8, 4) is 5.75 Å². The maximum absolute atomic E-state index is 12.4. The Morgan fingerprint density at radius 3 is 2.70 bits per heavy atom. The molecule has 23 heavy (non-hydrogen) atoms. The van der Waals surface area contributed by atoms with E-state index in [1.165, 1.54) is 0 Å². The lowest BCUT2D eigenvalue weighted by atomic mass is 10.1. The van der Waals surface area contributed by atoms with Gasteiger partial charge in [0.15, 0.2) is 0 Å². The number of nitrogens with zero attached hydrogens (tertiary/aromatic N) is 1.